The fourth-order valence-electron chi connectivity index (χ4n) is 2.25. The third-order valence-corrected chi connectivity index (χ3v) is 4.24. The first-order valence-electron chi connectivity index (χ1n) is 7.33. The first-order chi connectivity index (χ1) is 9.01. The van der Waals surface area contributed by atoms with Crippen LogP contribution in [0.2, 0.25) is 0 Å². The molecular formula is C15H26N2O2. The molecule has 1 atom stereocenters. The summed E-state index contributed by atoms with van der Waals surface area (Å²) in [6.45, 7) is 5.25. The molecule has 2 fully saturated rings. The lowest BCUT2D eigenvalue weighted by Gasteiger charge is -2.29. The molecule has 0 aromatic carbocycles. The maximum absolute atomic E-state index is 9.55. The maximum Gasteiger partial charge on any atom is 0.133 e. The molecule has 4 nitrogen and oxygen atoms in total. The van der Waals surface area contributed by atoms with Crippen molar-refractivity contribution in [3.8, 4) is 6.07 Å². The van der Waals surface area contributed by atoms with E-state index in [1.54, 1.807) is 7.11 Å². The van der Waals surface area contributed by atoms with Gasteiger partial charge in [0.05, 0.1) is 18.3 Å². The highest BCUT2D eigenvalue weighted by molar-refractivity contribution is 5.17. The van der Waals surface area contributed by atoms with Crippen LogP contribution in [0.15, 0.2) is 0 Å². The molecule has 1 unspecified atom stereocenters. The molecule has 108 valence electrons. The number of hydrogen-bond acceptors (Lipinski definition) is 4. The van der Waals surface area contributed by atoms with E-state index in [1.807, 2.05) is 0 Å². The van der Waals surface area contributed by atoms with E-state index in [0.717, 1.165) is 19.3 Å². The molecule has 0 radical (unpaired) electrons. The molecule has 2 aliphatic carbocycles. The maximum atomic E-state index is 9.55. The Morgan fingerprint density at radius 2 is 1.95 bits per heavy atom. The molecule has 4 heteroatoms. The number of hydrogen-bond donors (Lipinski definition) is 1. The van der Waals surface area contributed by atoms with Gasteiger partial charge in [0.1, 0.15) is 5.54 Å². The zero-order valence-corrected chi connectivity index (χ0v) is 12.4. The van der Waals surface area contributed by atoms with Gasteiger partial charge in [-0.1, -0.05) is 0 Å². The normalized spacial score (nSPS) is 22.8. The van der Waals surface area contributed by atoms with Gasteiger partial charge >= 0.3 is 0 Å². The minimum atomic E-state index is -0.446. The molecule has 2 saturated carbocycles. The van der Waals surface area contributed by atoms with Crippen molar-refractivity contribution in [1.29, 1.82) is 5.26 Å². The summed E-state index contributed by atoms with van der Waals surface area (Å²) in [5.41, 5.74) is -0.600. The van der Waals surface area contributed by atoms with E-state index in [9.17, 15) is 5.26 Å². The van der Waals surface area contributed by atoms with E-state index in [2.05, 4.69) is 25.2 Å². The van der Waals surface area contributed by atoms with E-state index in [0.29, 0.717) is 25.2 Å². The number of nitriles is 1. The Bertz CT molecular complexity index is 343. The molecule has 0 saturated heterocycles. The van der Waals surface area contributed by atoms with Crippen molar-refractivity contribution in [3.05, 3.63) is 0 Å². The molecule has 1 N–H and O–H groups in total. The Morgan fingerprint density at radius 3 is 2.42 bits per heavy atom. The monoisotopic (exact) mass is 266 g/mol. The third-order valence-electron chi connectivity index (χ3n) is 4.24. The Morgan fingerprint density at radius 1 is 1.26 bits per heavy atom. The lowest BCUT2D eigenvalue weighted by molar-refractivity contribution is -0.0168. The van der Waals surface area contributed by atoms with Crippen LogP contribution in [0.4, 0.5) is 0 Å². The van der Waals surface area contributed by atoms with E-state index in [-0.39, 0.29) is 5.60 Å². The summed E-state index contributed by atoms with van der Waals surface area (Å²) in [6, 6.07) is 3.03. The first-order valence-corrected chi connectivity index (χ1v) is 7.33. The number of nitrogens with zero attached hydrogens (tertiary/aromatic N) is 1. The molecule has 0 spiro atoms. The second-order valence-electron chi connectivity index (χ2n) is 6.54. The average molecular weight is 266 g/mol. The first kappa shape index (κ1) is 14.8. The van der Waals surface area contributed by atoms with Gasteiger partial charge in [0.2, 0.25) is 0 Å². The molecule has 19 heavy (non-hydrogen) atoms. The van der Waals surface area contributed by atoms with Gasteiger partial charge in [-0.15, -0.1) is 0 Å². The Hall–Kier alpha value is -0.630. The van der Waals surface area contributed by atoms with Gasteiger partial charge < -0.3 is 9.47 Å². The topological polar surface area (TPSA) is 54.3 Å². The molecule has 0 aromatic heterocycles. The van der Waals surface area contributed by atoms with E-state index in [1.165, 1.54) is 12.8 Å². The van der Waals surface area contributed by atoms with Crippen LogP contribution < -0.4 is 5.32 Å². The van der Waals surface area contributed by atoms with Crippen LogP contribution in [0.5, 0.6) is 0 Å². The van der Waals surface area contributed by atoms with Crippen LogP contribution in [0, 0.1) is 17.2 Å². The lowest BCUT2D eigenvalue weighted by Crippen LogP contribution is -2.51. The predicted molar refractivity (Wildman–Crippen MR) is 73.7 cm³/mol. The van der Waals surface area contributed by atoms with Crippen molar-refractivity contribution in [1.82, 2.24) is 5.32 Å². The van der Waals surface area contributed by atoms with Gasteiger partial charge in [0.15, 0.2) is 0 Å². The molecule has 0 aromatic rings. The SMILES string of the molecule is COC(C)(C)CCOCC(C#N)(NC1CC1)C1CC1. The van der Waals surface area contributed by atoms with Crippen molar-refractivity contribution < 1.29 is 9.47 Å². The van der Waals surface area contributed by atoms with Crippen LogP contribution in [0.1, 0.15) is 46.0 Å². The summed E-state index contributed by atoms with van der Waals surface area (Å²) >= 11 is 0. The Labute approximate surface area is 116 Å². The Kier molecular flexibility index (Phi) is 4.50. The summed E-state index contributed by atoms with van der Waals surface area (Å²) < 4.78 is 11.2. The summed E-state index contributed by atoms with van der Waals surface area (Å²) in [6.07, 6.45) is 5.55. The minimum absolute atomic E-state index is 0.154. The summed E-state index contributed by atoms with van der Waals surface area (Å²) in [7, 11) is 1.72. The Balaban J connectivity index is 1.78. The van der Waals surface area contributed by atoms with Crippen molar-refractivity contribution >= 4 is 0 Å². The minimum Gasteiger partial charge on any atom is -0.379 e. The fraction of sp³-hybridized carbons (Fsp3) is 0.933. The zero-order chi connectivity index (χ0) is 13.9. The molecular weight excluding hydrogens is 240 g/mol. The summed E-state index contributed by atoms with van der Waals surface area (Å²) in [5, 5.41) is 13.1. The third kappa shape index (κ3) is 4.17. The predicted octanol–water partition coefficient (Wildman–Crippen LogP) is 2.24. The van der Waals surface area contributed by atoms with Gasteiger partial charge in [-0.25, -0.2) is 0 Å². The van der Waals surface area contributed by atoms with Crippen LogP contribution in [0.25, 0.3) is 0 Å². The smallest absolute Gasteiger partial charge is 0.133 e. The highest BCUT2D eigenvalue weighted by atomic mass is 16.5. The second kappa shape index (κ2) is 5.78. The lowest BCUT2D eigenvalue weighted by atomic mass is 9.96. The van der Waals surface area contributed by atoms with Crippen molar-refractivity contribution in [3.63, 3.8) is 0 Å². The van der Waals surface area contributed by atoms with Crippen molar-refractivity contribution in [2.45, 2.75) is 63.1 Å². The molecule has 0 amide bonds. The summed E-state index contributed by atoms with van der Waals surface area (Å²) in [5.74, 6) is 0.480. The molecule has 0 aliphatic heterocycles. The highest BCUT2D eigenvalue weighted by Gasteiger charge is 2.48. The van der Waals surface area contributed by atoms with Gasteiger partial charge in [-0.05, 0) is 51.9 Å². The van der Waals surface area contributed by atoms with Crippen LogP contribution in [-0.2, 0) is 9.47 Å². The van der Waals surface area contributed by atoms with Crippen LogP contribution in [-0.4, -0.2) is 37.5 Å². The largest absolute Gasteiger partial charge is 0.379 e. The summed E-state index contributed by atoms with van der Waals surface area (Å²) in [4.78, 5) is 0. The van der Waals surface area contributed by atoms with Gasteiger partial charge in [-0.2, -0.15) is 5.26 Å². The van der Waals surface area contributed by atoms with E-state index < -0.39 is 5.54 Å². The number of rotatable bonds is 9. The molecule has 2 aliphatic rings. The van der Waals surface area contributed by atoms with E-state index in [4.69, 9.17) is 9.47 Å². The standard InChI is InChI=1S/C15H26N2O2/c1-14(2,18-3)8-9-19-11-15(10-16,12-4-5-12)17-13-6-7-13/h12-13,17H,4-9,11H2,1-3H3. The van der Waals surface area contributed by atoms with Crippen molar-refractivity contribution in [2.75, 3.05) is 20.3 Å². The molecule has 0 bridgehead atoms. The quantitative estimate of drug-likeness (QED) is 0.650. The van der Waals surface area contributed by atoms with E-state index >= 15 is 0 Å². The zero-order valence-electron chi connectivity index (χ0n) is 12.4. The van der Waals surface area contributed by atoms with Gasteiger partial charge in [0, 0.05) is 19.8 Å². The average Bonchev–Trinajstić information content (AvgIpc) is 3.26. The van der Waals surface area contributed by atoms with Crippen molar-refractivity contribution in [2.24, 2.45) is 5.92 Å². The van der Waals surface area contributed by atoms with Crippen LogP contribution >= 0.6 is 0 Å². The fourth-order valence-corrected chi connectivity index (χ4v) is 2.25. The molecule has 2 rings (SSSR count). The van der Waals surface area contributed by atoms with Gasteiger partial charge in [-0.3, -0.25) is 5.32 Å². The highest BCUT2D eigenvalue weighted by Crippen LogP contribution is 2.41. The van der Waals surface area contributed by atoms with Crippen LogP contribution in [0.3, 0.4) is 0 Å². The molecule has 0 heterocycles. The second-order valence-corrected chi connectivity index (χ2v) is 6.54. The number of methoxy groups -OCH3 is 1. The number of nitrogens with one attached hydrogen (secondary N) is 1. The van der Waals surface area contributed by atoms with Gasteiger partial charge in [0.25, 0.3) is 0 Å². The number of ether oxygens (including phenoxy) is 2.